The minimum Gasteiger partial charge on any atom is -0.353 e. The molecule has 0 unspecified atom stereocenters. The molecule has 6 heteroatoms. The molecule has 0 saturated carbocycles. The van der Waals surface area contributed by atoms with E-state index in [4.69, 9.17) is 5.26 Å². The number of nitrogens with zero attached hydrogens (tertiary/aromatic N) is 2. The lowest BCUT2D eigenvalue weighted by atomic mass is 10.2. The maximum absolute atomic E-state index is 12.9. The summed E-state index contributed by atoms with van der Waals surface area (Å²) in [6.45, 7) is 0.288. The molecule has 26 heavy (non-hydrogen) atoms. The molecule has 0 saturated heterocycles. The molecule has 0 fully saturated rings. The molecule has 128 valence electrons. The number of halogens is 1. The van der Waals surface area contributed by atoms with Gasteiger partial charge in [0, 0.05) is 6.54 Å². The Morgan fingerprint density at radius 3 is 2.54 bits per heavy atom. The Morgan fingerprint density at radius 1 is 1.08 bits per heavy atom. The van der Waals surface area contributed by atoms with Gasteiger partial charge in [-0.15, -0.1) is 0 Å². The summed E-state index contributed by atoms with van der Waals surface area (Å²) in [5, 5.41) is 14.9. The number of benzene rings is 2. The molecule has 0 atom stereocenters. The van der Waals surface area contributed by atoms with Crippen LogP contribution in [0.2, 0.25) is 0 Å². The van der Waals surface area contributed by atoms with Crippen molar-refractivity contribution in [2.75, 3.05) is 5.32 Å². The van der Waals surface area contributed by atoms with Crippen LogP contribution < -0.4 is 10.6 Å². The highest BCUT2D eigenvalue weighted by Gasteiger charge is 2.08. The molecule has 2 N–H and O–H groups in total. The zero-order valence-corrected chi connectivity index (χ0v) is 13.7. The summed E-state index contributed by atoms with van der Waals surface area (Å²) in [5.41, 5.74) is 2.93. The molecular formula is C20H15FN4O. The van der Waals surface area contributed by atoms with Crippen LogP contribution in [-0.2, 0) is 6.54 Å². The highest BCUT2D eigenvalue weighted by molar-refractivity contribution is 5.92. The van der Waals surface area contributed by atoms with Crippen molar-refractivity contribution in [1.29, 1.82) is 5.26 Å². The van der Waals surface area contributed by atoms with Gasteiger partial charge in [0.1, 0.15) is 17.6 Å². The molecule has 3 rings (SSSR count). The van der Waals surface area contributed by atoms with Gasteiger partial charge in [0.25, 0.3) is 5.91 Å². The molecule has 1 heterocycles. The summed E-state index contributed by atoms with van der Waals surface area (Å²) < 4.78 is 12.9. The van der Waals surface area contributed by atoms with Gasteiger partial charge < -0.3 is 10.6 Å². The summed E-state index contributed by atoms with van der Waals surface area (Å²) >= 11 is 0. The Hall–Kier alpha value is -3.72. The van der Waals surface area contributed by atoms with Crippen molar-refractivity contribution in [3.05, 3.63) is 89.5 Å². The molecule has 0 bridgehead atoms. The lowest BCUT2D eigenvalue weighted by Gasteiger charge is -2.09. The van der Waals surface area contributed by atoms with Gasteiger partial charge in [-0.1, -0.05) is 24.3 Å². The van der Waals surface area contributed by atoms with Crippen LogP contribution in [0.15, 0.2) is 66.9 Å². The number of pyridine rings is 1. The highest BCUT2D eigenvalue weighted by Crippen LogP contribution is 2.19. The number of aromatic nitrogens is 1. The smallest absolute Gasteiger partial charge is 0.270 e. The van der Waals surface area contributed by atoms with Crippen molar-refractivity contribution in [1.82, 2.24) is 10.3 Å². The van der Waals surface area contributed by atoms with Crippen LogP contribution in [0.4, 0.5) is 15.8 Å². The molecule has 1 aromatic heterocycles. The van der Waals surface area contributed by atoms with Gasteiger partial charge in [-0.05, 0) is 42.0 Å². The van der Waals surface area contributed by atoms with E-state index in [1.165, 1.54) is 18.3 Å². The third-order valence-corrected chi connectivity index (χ3v) is 3.69. The fourth-order valence-electron chi connectivity index (χ4n) is 2.32. The number of carbonyl (C=O) groups is 1. The number of nitrogens with one attached hydrogen (secondary N) is 2. The quantitative estimate of drug-likeness (QED) is 0.737. The Labute approximate surface area is 150 Å². The van der Waals surface area contributed by atoms with Crippen LogP contribution in [0.5, 0.6) is 0 Å². The number of nitriles is 1. The minimum atomic E-state index is -0.321. The zero-order chi connectivity index (χ0) is 18.4. The van der Waals surface area contributed by atoms with Crippen molar-refractivity contribution in [3.8, 4) is 6.07 Å². The first-order valence-corrected chi connectivity index (χ1v) is 7.90. The Bertz CT molecular complexity index is 947. The van der Waals surface area contributed by atoms with E-state index in [1.807, 2.05) is 6.07 Å². The highest BCUT2D eigenvalue weighted by atomic mass is 19.1. The molecule has 0 aliphatic heterocycles. The number of hydrogen-bond acceptors (Lipinski definition) is 4. The average Bonchev–Trinajstić information content (AvgIpc) is 2.68. The summed E-state index contributed by atoms with van der Waals surface area (Å²) in [5.74, 6) is -0.638. The number of carbonyl (C=O) groups excluding carboxylic acids is 1. The molecular weight excluding hydrogens is 331 g/mol. The lowest BCUT2D eigenvalue weighted by Crippen LogP contribution is -2.23. The fraction of sp³-hybridized carbons (Fsp3) is 0.0500. The van der Waals surface area contributed by atoms with Crippen molar-refractivity contribution >= 4 is 17.3 Å². The fourth-order valence-corrected chi connectivity index (χ4v) is 2.32. The molecule has 5 nitrogen and oxygen atoms in total. The Morgan fingerprint density at radius 2 is 1.85 bits per heavy atom. The first kappa shape index (κ1) is 17.1. The van der Waals surface area contributed by atoms with Gasteiger partial charge in [-0.3, -0.25) is 4.79 Å². The van der Waals surface area contributed by atoms with E-state index < -0.39 is 0 Å². The normalized spacial score (nSPS) is 10.0. The van der Waals surface area contributed by atoms with Crippen molar-refractivity contribution in [3.63, 3.8) is 0 Å². The third-order valence-electron chi connectivity index (χ3n) is 3.69. The number of amides is 1. The van der Waals surface area contributed by atoms with Crippen molar-refractivity contribution < 1.29 is 9.18 Å². The van der Waals surface area contributed by atoms with Crippen LogP contribution in [0.3, 0.4) is 0 Å². The standard InChI is InChI=1S/C20H15FN4O/c21-16-7-5-14(6-8-16)12-24-20(26)19-10-9-17(13-23-19)25-18-4-2-1-3-15(18)11-22/h1-10,13,25H,12H2,(H,24,26). The number of rotatable bonds is 5. The van der Waals surface area contributed by atoms with Crippen molar-refractivity contribution in [2.24, 2.45) is 0 Å². The second-order valence-electron chi connectivity index (χ2n) is 5.52. The third kappa shape index (κ3) is 4.22. The second-order valence-corrected chi connectivity index (χ2v) is 5.52. The van der Waals surface area contributed by atoms with Gasteiger partial charge in [-0.2, -0.15) is 5.26 Å². The predicted octanol–water partition coefficient (Wildman–Crippen LogP) is 3.77. The zero-order valence-electron chi connectivity index (χ0n) is 13.7. The topological polar surface area (TPSA) is 77.8 Å². The van der Waals surface area contributed by atoms with Crippen LogP contribution in [0.1, 0.15) is 21.6 Å². The largest absolute Gasteiger partial charge is 0.353 e. The van der Waals surface area contributed by atoms with E-state index in [2.05, 4.69) is 21.7 Å². The van der Waals surface area contributed by atoms with Crippen LogP contribution in [0.25, 0.3) is 0 Å². The van der Waals surface area contributed by atoms with Gasteiger partial charge in [0.05, 0.1) is 23.1 Å². The molecule has 0 radical (unpaired) electrons. The van der Waals surface area contributed by atoms with Gasteiger partial charge >= 0.3 is 0 Å². The van der Waals surface area contributed by atoms with E-state index in [-0.39, 0.29) is 24.0 Å². The maximum Gasteiger partial charge on any atom is 0.270 e. The monoisotopic (exact) mass is 346 g/mol. The lowest BCUT2D eigenvalue weighted by molar-refractivity contribution is 0.0946. The summed E-state index contributed by atoms with van der Waals surface area (Å²) in [6, 6.07) is 18.5. The van der Waals surface area contributed by atoms with E-state index in [0.29, 0.717) is 16.9 Å². The summed E-state index contributed by atoms with van der Waals surface area (Å²) in [7, 11) is 0. The van der Waals surface area contributed by atoms with Gasteiger partial charge in [0.2, 0.25) is 0 Å². The Balaban J connectivity index is 1.62. The molecule has 2 aromatic carbocycles. The van der Waals surface area contributed by atoms with E-state index in [1.54, 1.807) is 42.5 Å². The number of anilines is 2. The molecule has 0 aliphatic carbocycles. The summed E-state index contributed by atoms with van der Waals surface area (Å²) in [4.78, 5) is 16.3. The predicted molar refractivity (Wildman–Crippen MR) is 96.2 cm³/mol. The van der Waals surface area contributed by atoms with E-state index in [0.717, 1.165) is 5.56 Å². The number of para-hydroxylation sites is 1. The first-order chi connectivity index (χ1) is 12.7. The maximum atomic E-state index is 12.9. The summed E-state index contributed by atoms with van der Waals surface area (Å²) in [6.07, 6.45) is 1.53. The minimum absolute atomic E-state index is 0.270. The van der Waals surface area contributed by atoms with Gasteiger partial charge in [0.15, 0.2) is 0 Å². The Kier molecular flexibility index (Phi) is 5.20. The van der Waals surface area contributed by atoms with E-state index in [9.17, 15) is 9.18 Å². The van der Waals surface area contributed by atoms with Crippen LogP contribution in [-0.4, -0.2) is 10.9 Å². The van der Waals surface area contributed by atoms with Gasteiger partial charge in [-0.25, -0.2) is 9.37 Å². The van der Waals surface area contributed by atoms with Crippen molar-refractivity contribution in [2.45, 2.75) is 6.54 Å². The second kappa shape index (κ2) is 7.90. The molecule has 0 spiro atoms. The van der Waals surface area contributed by atoms with Crippen LogP contribution >= 0.6 is 0 Å². The van der Waals surface area contributed by atoms with E-state index >= 15 is 0 Å². The first-order valence-electron chi connectivity index (χ1n) is 7.90. The van der Waals surface area contributed by atoms with Crippen LogP contribution in [0, 0.1) is 17.1 Å². The average molecular weight is 346 g/mol. The molecule has 1 amide bonds. The molecule has 3 aromatic rings. The number of hydrogen-bond donors (Lipinski definition) is 2. The SMILES string of the molecule is N#Cc1ccccc1Nc1ccc(C(=O)NCc2ccc(F)cc2)nc1. The molecule has 0 aliphatic rings.